The number of halogens is 1. The number of amides is 1. The molecule has 2 atom stereocenters. The van der Waals surface area contributed by atoms with E-state index >= 15 is 0 Å². The molecule has 0 N–H and O–H groups in total. The van der Waals surface area contributed by atoms with Gasteiger partial charge in [0.1, 0.15) is 5.82 Å². The molecule has 1 saturated heterocycles. The molecule has 162 valence electrons. The minimum Gasteiger partial charge on any atom is -0.338 e. The summed E-state index contributed by atoms with van der Waals surface area (Å²) in [5.41, 5.74) is 1.50. The molecule has 3 rings (SSSR count). The fourth-order valence-corrected chi connectivity index (χ4v) is 4.66. The number of carbonyl (C=O) groups is 1. The average Bonchev–Trinajstić information content (AvgIpc) is 3.09. The van der Waals surface area contributed by atoms with Crippen LogP contribution in [0, 0.1) is 23.6 Å². The summed E-state index contributed by atoms with van der Waals surface area (Å²) in [6.07, 6.45) is 0. The molecule has 0 spiro atoms. The lowest BCUT2D eigenvalue weighted by Crippen LogP contribution is -2.40. The lowest BCUT2D eigenvalue weighted by atomic mass is 9.88. The van der Waals surface area contributed by atoms with Crippen molar-refractivity contribution in [3.05, 3.63) is 71.5 Å². The van der Waals surface area contributed by atoms with E-state index in [2.05, 4.69) is 56.9 Å². The summed E-state index contributed by atoms with van der Waals surface area (Å²) in [5.74, 6) is 1.00. The number of carbonyl (C=O) groups excluding carboxylic acids is 1. The number of hydrogen-bond acceptors (Lipinski definition) is 2. The van der Waals surface area contributed by atoms with E-state index in [0.29, 0.717) is 36.8 Å². The molecule has 0 bridgehead atoms. The van der Waals surface area contributed by atoms with Crippen molar-refractivity contribution in [2.24, 2.45) is 17.8 Å². The summed E-state index contributed by atoms with van der Waals surface area (Å²) < 4.78 is 14.3. The standard InChI is InChI=1S/C26H35FN2O/c1-19(2)14-28-16-22(24(18-28)21-10-6-5-7-11-21)17-29(15-20(3)4)26(30)23-12-8-9-13-25(23)27/h5-13,19-20,22,24H,14-18H2,1-4H3. The lowest BCUT2D eigenvalue weighted by Gasteiger charge is -2.30. The predicted octanol–water partition coefficient (Wildman–Crippen LogP) is 5.30. The Morgan fingerprint density at radius 1 is 1.00 bits per heavy atom. The van der Waals surface area contributed by atoms with Gasteiger partial charge in [0.15, 0.2) is 0 Å². The SMILES string of the molecule is CC(C)CN1CC(CN(CC(C)C)C(=O)c2ccccc2F)C(c2ccccc2)C1. The van der Waals surface area contributed by atoms with Gasteiger partial charge in [-0.3, -0.25) is 4.79 Å². The topological polar surface area (TPSA) is 23.6 Å². The molecule has 4 heteroatoms. The van der Waals surface area contributed by atoms with Gasteiger partial charge < -0.3 is 9.80 Å². The number of rotatable bonds is 8. The van der Waals surface area contributed by atoms with E-state index in [-0.39, 0.29) is 11.5 Å². The first-order chi connectivity index (χ1) is 14.3. The zero-order valence-corrected chi connectivity index (χ0v) is 18.7. The molecule has 30 heavy (non-hydrogen) atoms. The van der Waals surface area contributed by atoms with E-state index in [1.165, 1.54) is 11.6 Å². The second-order valence-electron chi connectivity index (χ2n) is 9.47. The van der Waals surface area contributed by atoms with Crippen molar-refractivity contribution in [1.82, 2.24) is 9.80 Å². The average molecular weight is 411 g/mol. The van der Waals surface area contributed by atoms with E-state index in [9.17, 15) is 9.18 Å². The molecule has 1 aliphatic rings. The Morgan fingerprint density at radius 3 is 2.30 bits per heavy atom. The normalized spacial score (nSPS) is 19.6. The van der Waals surface area contributed by atoms with Crippen molar-refractivity contribution in [2.75, 3.05) is 32.7 Å². The van der Waals surface area contributed by atoms with Gasteiger partial charge in [0.2, 0.25) is 0 Å². The smallest absolute Gasteiger partial charge is 0.256 e. The van der Waals surface area contributed by atoms with E-state index < -0.39 is 5.82 Å². The Hall–Kier alpha value is -2.20. The maximum absolute atomic E-state index is 14.3. The van der Waals surface area contributed by atoms with Crippen molar-refractivity contribution in [3.63, 3.8) is 0 Å². The Kier molecular flexibility index (Phi) is 7.65. The third-order valence-electron chi connectivity index (χ3n) is 5.80. The first kappa shape index (κ1) is 22.5. The molecule has 0 radical (unpaired) electrons. The van der Waals surface area contributed by atoms with Crippen LogP contribution < -0.4 is 0 Å². The van der Waals surface area contributed by atoms with Crippen LogP contribution in [0.5, 0.6) is 0 Å². The third kappa shape index (κ3) is 5.69. The van der Waals surface area contributed by atoms with Crippen LogP contribution in [0.4, 0.5) is 4.39 Å². The van der Waals surface area contributed by atoms with E-state index in [0.717, 1.165) is 19.6 Å². The summed E-state index contributed by atoms with van der Waals surface area (Å²) in [7, 11) is 0. The summed E-state index contributed by atoms with van der Waals surface area (Å²) in [5, 5.41) is 0. The van der Waals surface area contributed by atoms with Crippen molar-refractivity contribution < 1.29 is 9.18 Å². The first-order valence-corrected chi connectivity index (χ1v) is 11.2. The highest BCUT2D eigenvalue weighted by Crippen LogP contribution is 2.34. The van der Waals surface area contributed by atoms with Gasteiger partial charge in [-0.05, 0) is 35.4 Å². The van der Waals surface area contributed by atoms with Crippen LogP contribution in [0.2, 0.25) is 0 Å². The molecule has 2 unspecified atom stereocenters. The highest BCUT2D eigenvalue weighted by atomic mass is 19.1. The monoisotopic (exact) mass is 410 g/mol. The Bertz CT molecular complexity index is 821. The van der Waals surface area contributed by atoms with E-state index in [1.54, 1.807) is 18.2 Å². The van der Waals surface area contributed by atoms with Gasteiger partial charge in [-0.25, -0.2) is 4.39 Å². The van der Waals surface area contributed by atoms with Crippen LogP contribution in [0.3, 0.4) is 0 Å². The molecular weight excluding hydrogens is 375 g/mol. The number of likely N-dealkylation sites (tertiary alicyclic amines) is 1. The quantitative estimate of drug-likeness (QED) is 0.590. The largest absolute Gasteiger partial charge is 0.338 e. The van der Waals surface area contributed by atoms with Gasteiger partial charge >= 0.3 is 0 Å². The van der Waals surface area contributed by atoms with E-state index in [4.69, 9.17) is 0 Å². The molecule has 0 aliphatic carbocycles. The van der Waals surface area contributed by atoms with Gasteiger partial charge in [-0.2, -0.15) is 0 Å². The minimum atomic E-state index is -0.441. The van der Waals surface area contributed by atoms with Gasteiger partial charge in [0, 0.05) is 38.6 Å². The number of nitrogens with zero attached hydrogens (tertiary/aromatic N) is 2. The Morgan fingerprint density at radius 2 is 1.67 bits per heavy atom. The van der Waals surface area contributed by atoms with Crippen LogP contribution in [0.1, 0.15) is 49.5 Å². The van der Waals surface area contributed by atoms with Crippen LogP contribution in [-0.2, 0) is 0 Å². The summed E-state index contributed by atoms with van der Waals surface area (Å²) in [6, 6.07) is 17.0. The molecule has 1 aliphatic heterocycles. The fourth-order valence-electron chi connectivity index (χ4n) is 4.66. The van der Waals surface area contributed by atoms with Crippen molar-refractivity contribution in [3.8, 4) is 0 Å². The second-order valence-corrected chi connectivity index (χ2v) is 9.47. The van der Waals surface area contributed by atoms with Crippen LogP contribution in [0.15, 0.2) is 54.6 Å². The summed E-state index contributed by atoms with van der Waals surface area (Å²) >= 11 is 0. The second kappa shape index (κ2) is 10.2. The van der Waals surface area contributed by atoms with E-state index in [1.807, 2.05) is 11.0 Å². The predicted molar refractivity (Wildman–Crippen MR) is 121 cm³/mol. The van der Waals surface area contributed by atoms with Crippen LogP contribution >= 0.6 is 0 Å². The maximum atomic E-state index is 14.3. The number of hydrogen-bond donors (Lipinski definition) is 0. The van der Waals surface area contributed by atoms with Gasteiger partial charge in [-0.15, -0.1) is 0 Å². The molecule has 1 fully saturated rings. The third-order valence-corrected chi connectivity index (χ3v) is 5.80. The molecular formula is C26H35FN2O. The minimum absolute atomic E-state index is 0.173. The number of benzene rings is 2. The zero-order chi connectivity index (χ0) is 21.7. The molecule has 1 heterocycles. The summed E-state index contributed by atoms with van der Waals surface area (Å²) in [6.45, 7) is 13.0. The molecule has 2 aromatic rings. The van der Waals surface area contributed by atoms with Crippen LogP contribution in [-0.4, -0.2) is 48.4 Å². The fraction of sp³-hybridized carbons (Fsp3) is 0.500. The van der Waals surface area contributed by atoms with Gasteiger partial charge in [0.25, 0.3) is 5.91 Å². The highest BCUT2D eigenvalue weighted by molar-refractivity contribution is 5.94. The highest BCUT2D eigenvalue weighted by Gasteiger charge is 2.36. The van der Waals surface area contributed by atoms with Crippen molar-refractivity contribution in [1.29, 1.82) is 0 Å². The van der Waals surface area contributed by atoms with Crippen molar-refractivity contribution >= 4 is 5.91 Å². The first-order valence-electron chi connectivity index (χ1n) is 11.2. The van der Waals surface area contributed by atoms with Crippen molar-refractivity contribution in [2.45, 2.75) is 33.6 Å². The lowest BCUT2D eigenvalue weighted by molar-refractivity contribution is 0.0698. The molecule has 0 saturated carbocycles. The molecule has 1 amide bonds. The Labute approximate surface area is 180 Å². The molecule has 0 aromatic heterocycles. The van der Waals surface area contributed by atoms with Gasteiger partial charge in [0.05, 0.1) is 5.56 Å². The Balaban J connectivity index is 1.84. The van der Waals surface area contributed by atoms with Crippen LogP contribution in [0.25, 0.3) is 0 Å². The van der Waals surface area contributed by atoms with Gasteiger partial charge in [-0.1, -0.05) is 70.2 Å². The molecule has 3 nitrogen and oxygen atoms in total. The zero-order valence-electron chi connectivity index (χ0n) is 18.7. The summed E-state index contributed by atoms with van der Waals surface area (Å²) in [4.78, 5) is 17.7. The molecule has 2 aromatic carbocycles. The maximum Gasteiger partial charge on any atom is 0.256 e.